The molecule has 0 spiro atoms. The zero-order valence-electron chi connectivity index (χ0n) is 18.1. The first-order valence-electron chi connectivity index (χ1n) is 10.2. The summed E-state index contributed by atoms with van der Waals surface area (Å²) in [5.74, 6) is 1.54. The summed E-state index contributed by atoms with van der Waals surface area (Å²) in [6, 6.07) is 5.93. The maximum absolute atomic E-state index is 12.7. The van der Waals surface area contributed by atoms with Gasteiger partial charge >= 0.3 is 0 Å². The molecule has 1 saturated heterocycles. The van der Waals surface area contributed by atoms with Crippen LogP contribution in [0.2, 0.25) is 0 Å². The van der Waals surface area contributed by atoms with Crippen LogP contribution in [0.15, 0.2) is 24.4 Å². The predicted molar refractivity (Wildman–Crippen MR) is 124 cm³/mol. The minimum absolute atomic E-state index is 0.187. The number of amides is 1. The second kappa shape index (κ2) is 8.94. The van der Waals surface area contributed by atoms with Crippen LogP contribution in [-0.2, 0) is 0 Å². The molecule has 0 bridgehead atoms. The number of rotatable bonds is 5. The Bertz CT molecular complexity index is 1070. The van der Waals surface area contributed by atoms with Gasteiger partial charge in [0.1, 0.15) is 10.7 Å². The van der Waals surface area contributed by atoms with Crippen LogP contribution in [0.3, 0.4) is 0 Å². The highest BCUT2D eigenvalue weighted by molar-refractivity contribution is 7.17. The molecule has 0 atom stereocenters. The summed E-state index contributed by atoms with van der Waals surface area (Å²) < 4.78 is 0. The molecule has 10 heteroatoms. The lowest BCUT2D eigenvalue weighted by Gasteiger charge is -2.32. The smallest absolute Gasteiger partial charge is 0.267 e. The minimum atomic E-state index is -0.187. The van der Waals surface area contributed by atoms with Crippen molar-refractivity contribution in [3.05, 3.63) is 46.2 Å². The fourth-order valence-corrected chi connectivity index (χ4v) is 4.10. The van der Waals surface area contributed by atoms with E-state index in [0.717, 1.165) is 43.0 Å². The molecule has 1 aliphatic heterocycles. The van der Waals surface area contributed by atoms with Gasteiger partial charge in [-0.3, -0.25) is 10.1 Å². The van der Waals surface area contributed by atoms with Crippen molar-refractivity contribution >= 4 is 40.0 Å². The Balaban J connectivity index is 1.47. The van der Waals surface area contributed by atoms with Gasteiger partial charge in [0.25, 0.3) is 5.91 Å². The molecule has 162 valence electrons. The molecule has 2 aromatic heterocycles. The zero-order valence-corrected chi connectivity index (χ0v) is 19.0. The third-order valence-electron chi connectivity index (χ3n) is 5.19. The van der Waals surface area contributed by atoms with E-state index in [9.17, 15) is 4.79 Å². The van der Waals surface area contributed by atoms with E-state index in [-0.39, 0.29) is 5.91 Å². The van der Waals surface area contributed by atoms with Crippen molar-refractivity contribution in [2.75, 3.05) is 48.8 Å². The van der Waals surface area contributed by atoms with Crippen molar-refractivity contribution in [1.82, 2.24) is 24.8 Å². The van der Waals surface area contributed by atoms with Crippen molar-refractivity contribution < 1.29 is 4.79 Å². The number of aryl methyl sites for hydroxylation is 3. The summed E-state index contributed by atoms with van der Waals surface area (Å²) >= 11 is 1.26. The number of aromatic nitrogens is 4. The van der Waals surface area contributed by atoms with Gasteiger partial charge in [-0.05, 0) is 38.9 Å². The lowest BCUT2D eigenvalue weighted by atomic mass is 10.1. The van der Waals surface area contributed by atoms with Crippen LogP contribution in [0.4, 0.5) is 22.7 Å². The lowest BCUT2D eigenvalue weighted by molar-refractivity contribution is 0.103. The Morgan fingerprint density at radius 1 is 1.03 bits per heavy atom. The standard InChI is InChI=1S/C21H26N8OS/c1-13-6-5-7-14(2)17(13)25-18(30)16-12-22-21(31-16)27-19-23-15(3)24-20(26-19)29-10-8-28(4)9-11-29/h5-7,12H,8-11H2,1-4H3,(H,25,30)(H,22,23,24,26,27). The van der Waals surface area contributed by atoms with Gasteiger partial charge in [-0.15, -0.1) is 0 Å². The van der Waals surface area contributed by atoms with Crippen molar-refractivity contribution in [2.45, 2.75) is 20.8 Å². The average Bonchev–Trinajstić information content (AvgIpc) is 3.19. The molecule has 1 aliphatic rings. The van der Waals surface area contributed by atoms with Crippen molar-refractivity contribution in [3.8, 4) is 0 Å². The van der Waals surface area contributed by atoms with E-state index in [1.54, 1.807) is 6.20 Å². The Kier molecular flexibility index (Phi) is 6.10. The molecule has 31 heavy (non-hydrogen) atoms. The molecule has 2 N–H and O–H groups in total. The van der Waals surface area contributed by atoms with E-state index >= 15 is 0 Å². The third kappa shape index (κ3) is 4.97. The monoisotopic (exact) mass is 438 g/mol. The normalized spacial score (nSPS) is 14.5. The number of piperazine rings is 1. The quantitative estimate of drug-likeness (QED) is 0.627. The van der Waals surface area contributed by atoms with E-state index in [4.69, 9.17) is 0 Å². The molecule has 1 amide bonds. The number of thiazole rings is 1. The molecule has 4 rings (SSSR count). The van der Waals surface area contributed by atoms with E-state index in [0.29, 0.717) is 27.7 Å². The molecule has 0 aliphatic carbocycles. The minimum Gasteiger partial charge on any atom is -0.338 e. The number of anilines is 4. The molecule has 9 nitrogen and oxygen atoms in total. The molecular weight excluding hydrogens is 412 g/mol. The summed E-state index contributed by atoms with van der Waals surface area (Å²) in [4.78, 5) is 35.4. The first-order valence-corrected chi connectivity index (χ1v) is 11.0. The summed E-state index contributed by atoms with van der Waals surface area (Å²) in [6.07, 6.45) is 1.56. The third-order valence-corrected chi connectivity index (χ3v) is 6.10. The van der Waals surface area contributed by atoms with Gasteiger partial charge in [-0.2, -0.15) is 15.0 Å². The maximum Gasteiger partial charge on any atom is 0.267 e. The Hall–Kier alpha value is -3.11. The largest absolute Gasteiger partial charge is 0.338 e. The van der Waals surface area contributed by atoms with Gasteiger partial charge in [0.2, 0.25) is 11.9 Å². The topological polar surface area (TPSA) is 99.2 Å². The first kappa shape index (κ1) is 21.1. The fraction of sp³-hybridized carbons (Fsp3) is 0.381. The Morgan fingerprint density at radius 2 is 1.74 bits per heavy atom. The van der Waals surface area contributed by atoms with Crippen molar-refractivity contribution in [2.24, 2.45) is 0 Å². The number of nitrogens with one attached hydrogen (secondary N) is 2. The maximum atomic E-state index is 12.7. The van der Waals surface area contributed by atoms with Gasteiger partial charge in [-0.1, -0.05) is 29.5 Å². The van der Waals surface area contributed by atoms with Crippen LogP contribution in [-0.4, -0.2) is 64.0 Å². The van der Waals surface area contributed by atoms with Gasteiger partial charge in [0.15, 0.2) is 5.13 Å². The second-order valence-corrected chi connectivity index (χ2v) is 8.70. The fourth-order valence-electron chi connectivity index (χ4n) is 3.39. The lowest BCUT2D eigenvalue weighted by Crippen LogP contribution is -2.45. The van der Waals surface area contributed by atoms with Crippen LogP contribution < -0.4 is 15.5 Å². The van der Waals surface area contributed by atoms with E-state index in [1.165, 1.54) is 11.3 Å². The zero-order chi connectivity index (χ0) is 22.0. The van der Waals surface area contributed by atoms with E-state index < -0.39 is 0 Å². The number of benzene rings is 1. The summed E-state index contributed by atoms with van der Waals surface area (Å²) in [5, 5.41) is 6.67. The molecule has 1 aromatic carbocycles. The summed E-state index contributed by atoms with van der Waals surface area (Å²) in [5.41, 5.74) is 2.88. The number of likely N-dealkylation sites (N-methyl/N-ethyl adjacent to an activating group) is 1. The van der Waals surface area contributed by atoms with Gasteiger partial charge in [-0.25, -0.2) is 4.98 Å². The second-order valence-electron chi connectivity index (χ2n) is 7.67. The van der Waals surface area contributed by atoms with E-state index in [2.05, 4.69) is 47.4 Å². The van der Waals surface area contributed by atoms with Crippen LogP contribution in [0.1, 0.15) is 26.6 Å². The van der Waals surface area contributed by atoms with Crippen LogP contribution in [0.25, 0.3) is 0 Å². The highest BCUT2D eigenvalue weighted by atomic mass is 32.1. The average molecular weight is 439 g/mol. The number of hydrogen-bond donors (Lipinski definition) is 2. The van der Waals surface area contributed by atoms with Gasteiger partial charge < -0.3 is 15.1 Å². The summed E-state index contributed by atoms with van der Waals surface area (Å²) in [6.45, 7) is 9.49. The molecule has 1 fully saturated rings. The predicted octanol–water partition coefficient (Wildman–Crippen LogP) is 3.00. The summed E-state index contributed by atoms with van der Waals surface area (Å²) in [7, 11) is 2.11. The van der Waals surface area contributed by atoms with Crippen LogP contribution >= 0.6 is 11.3 Å². The molecule has 3 heterocycles. The van der Waals surface area contributed by atoms with Crippen LogP contribution in [0.5, 0.6) is 0 Å². The highest BCUT2D eigenvalue weighted by Gasteiger charge is 2.19. The first-order chi connectivity index (χ1) is 14.9. The number of carbonyl (C=O) groups excluding carboxylic acids is 1. The number of nitrogens with zero attached hydrogens (tertiary/aromatic N) is 6. The van der Waals surface area contributed by atoms with Gasteiger partial charge in [0, 0.05) is 31.9 Å². The Morgan fingerprint density at radius 3 is 2.45 bits per heavy atom. The van der Waals surface area contributed by atoms with E-state index in [1.807, 2.05) is 39.0 Å². The van der Waals surface area contributed by atoms with Crippen molar-refractivity contribution in [1.29, 1.82) is 0 Å². The van der Waals surface area contributed by atoms with Crippen molar-refractivity contribution in [3.63, 3.8) is 0 Å². The van der Waals surface area contributed by atoms with Gasteiger partial charge in [0.05, 0.1) is 6.20 Å². The van der Waals surface area contributed by atoms with Crippen LogP contribution in [0, 0.1) is 20.8 Å². The molecule has 0 saturated carbocycles. The number of carbonyl (C=O) groups is 1. The number of para-hydroxylation sites is 1. The molecular formula is C21H26N8OS. The Labute approximate surface area is 185 Å². The molecule has 0 radical (unpaired) electrons. The highest BCUT2D eigenvalue weighted by Crippen LogP contribution is 2.25. The number of hydrogen-bond acceptors (Lipinski definition) is 9. The molecule has 3 aromatic rings. The SMILES string of the molecule is Cc1nc(Nc2ncc(C(=O)Nc3c(C)cccc3C)s2)nc(N2CCN(C)CC2)n1. The molecule has 0 unspecified atom stereocenters.